The molecule has 0 aromatic heterocycles. The molecule has 1 rings (SSSR count). The molecular weight excluding hydrogens is 170 g/mol. The quantitative estimate of drug-likeness (QED) is 0.620. The second kappa shape index (κ2) is 6.02. The van der Waals surface area contributed by atoms with Crippen LogP contribution in [0.5, 0.6) is 0 Å². The highest BCUT2D eigenvalue weighted by Gasteiger charge is 2.07. The van der Waals surface area contributed by atoms with Gasteiger partial charge in [0.1, 0.15) is 0 Å². The zero-order chi connectivity index (χ0) is 10.4. The molecule has 0 aromatic carbocycles. The lowest BCUT2D eigenvalue weighted by Crippen LogP contribution is -2.29. The number of hydrogen-bond acceptors (Lipinski definition) is 1. The van der Waals surface area contributed by atoms with Gasteiger partial charge in [0, 0.05) is 6.54 Å². The van der Waals surface area contributed by atoms with E-state index in [4.69, 9.17) is 0 Å². The standard InChI is InChI=1S/C13H23N/c1-12(2)13(3)8-7-11-14-9-5-4-6-10-14/h7-8,12H,3-6,9-11H2,1-2H3/b8-7+. The summed E-state index contributed by atoms with van der Waals surface area (Å²) in [6.45, 7) is 12.1. The van der Waals surface area contributed by atoms with Gasteiger partial charge in [-0.15, -0.1) is 0 Å². The third-order valence-corrected chi connectivity index (χ3v) is 2.89. The Kier molecular flexibility index (Phi) is 4.95. The minimum Gasteiger partial charge on any atom is -0.300 e. The van der Waals surface area contributed by atoms with Crippen molar-refractivity contribution in [3.8, 4) is 0 Å². The van der Waals surface area contributed by atoms with E-state index in [-0.39, 0.29) is 0 Å². The molecule has 1 aliphatic rings. The minimum absolute atomic E-state index is 0.576. The van der Waals surface area contributed by atoms with Crippen LogP contribution in [0.3, 0.4) is 0 Å². The number of nitrogens with zero attached hydrogens (tertiary/aromatic N) is 1. The summed E-state index contributed by atoms with van der Waals surface area (Å²) in [6, 6.07) is 0. The lowest BCUT2D eigenvalue weighted by Gasteiger charge is -2.24. The molecule has 0 atom stereocenters. The van der Waals surface area contributed by atoms with Crippen LogP contribution >= 0.6 is 0 Å². The van der Waals surface area contributed by atoms with E-state index in [0.29, 0.717) is 5.92 Å². The number of allylic oxidation sites excluding steroid dienone is 2. The normalized spacial score (nSPS) is 19.4. The van der Waals surface area contributed by atoms with Gasteiger partial charge in [-0.1, -0.05) is 44.6 Å². The Morgan fingerprint density at radius 2 is 1.93 bits per heavy atom. The molecule has 0 radical (unpaired) electrons. The van der Waals surface area contributed by atoms with Crippen molar-refractivity contribution in [1.82, 2.24) is 4.90 Å². The molecular formula is C13H23N. The maximum absolute atomic E-state index is 4.03. The van der Waals surface area contributed by atoms with Crippen molar-refractivity contribution in [2.24, 2.45) is 5.92 Å². The topological polar surface area (TPSA) is 3.24 Å². The molecule has 0 spiro atoms. The number of piperidine rings is 1. The van der Waals surface area contributed by atoms with E-state index >= 15 is 0 Å². The van der Waals surface area contributed by atoms with Gasteiger partial charge in [-0.25, -0.2) is 0 Å². The summed E-state index contributed by atoms with van der Waals surface area (Å²) < 4.78 is 0. The third kappa shape index (κ3) is 4.10. The molecule has 1 fully saturated rings. The molecule has 14 heavy (non-hydrogen) atoms. The van der Waals surface area contributed by atoms with E-state index < -0.39 is 0 Å². The van der Waals surface area contributed by atoms with Crippen LogP contribution < -0.4 is 0 Å². The Morgan fingerprint density at radius 3 is 2.50 bits per heavy atom. The average molecular weight is 193 g/mol. The maximum atomic E-state index is 4.03. The van der Waals surface area contributed by atoms with Gasteiger partial charge >= 0.3 is 0 Å². The molecule has 0 N–H and O–H groups in total. The number of rotatable bonds is 4. The first kappa shape index (κ1) is 11.5. The van der Waals surface area contributed by atoms with Crippen molar-refractivity contribution in [2.45, 2.75) is 33.1 Å². The molecule has 0 amide bonds. The monoisotopic (exact) mass is 193 g/mol. The van der Waals surface area contributed by atoms with E-state index in [0.717, 1.165) is 6.54 Å². The van der Waals surface area contributed by atoms with Crippen molar-refractivity contribution >= 4 is 0 Å². The predicted octanol–water partition coefficient (Wildman–Crippen LogP) is 3.24. The third-order valence-electron chi connectivity index (χ3n) is 2.89. The Balaban J connectivity index is 2.21. The lowest BCUT2D eigenvalue weighted by atomic mass is 10.1. The van der Waals surface area contributed by atoms with Crippen LogP contribution in [0.4, 0.5) is 0 Å². The summed E-state index contributed by atoms with van der Waals surface area (Å²) in [5.41, 5.74) is 1.24. The van der Waals surface area contributed by atoms with Crippen LogP contribution in [0.15, 0.2) is 24.3 Å². The molecule has 0 unspecified atom stereocenters. The molecule has 0 aliphatic carbocycles. The average Bonchev–Trinajstić information content (AvgIpc) is 2.19. The lowest BCUT2D eigenvalue weighted by molar-refractivity contribution is 0.251. The van der Waals surface area contributed by atoms with Gasteiger partial charge in [0.25, 0.3) is 0 Å². The molecule has 1 nitrogen and oxygen atoms in total. The zero-order valence-electron chi connectivity index (χ0n) is 9.63. The molecule has 1 aliphatic heterocycles. The predicted molar refractivity (Wildman–Crippen MR) is 63.4 cm³/mol. The zero-order valence-corrected chi connectivity index (χ0v) is 9.63. The Morgan fingerprint density at radius 1 is 1.29 bits per heavy atom. The van der Waals surface area contributed by atoms with Crippen molar-refractivity contribution < 1.29 is 0 Å². The van der Waals surface area contributed by atoms with Gasteiger partial charge in [0.05, 0.1) is 0 Å². The Labute approximate surface area is 88.5 Å². The van der Waals surface area contributed by atoms with Gasteiger partial charge < -0.3 is 0 Å². The fourth-order valence-corrected chi connectivity index (χ4v) is 1.69. The van der Waals surface area contributed by atoms with Gasteiger partial charge in [-0.3, -0.25) is 4.90 Å². The summed E-state index contributed by atoms with van der Waals surface area (Å²) in [6.07, 6.45) is 8.60. The SMILES string of the molecule is C=C(/C=C/CN1CCCCC1)C(C)C. The second-order valence-electron chi connectivity index (χ2n) is 4.49. The molecule has 0 bridgehead atoms. The van der Waals surface area contributed by atoms with E-state index in [1.807, 2.05) is 0 Å². The summed E-state index contributed by atoms with van der Waals surface area (Å²) in [5.74, 6) is 0.576. The first-order valence-electron chi connectivity index (χ1n) is 5.78. The van der Waals surface area contributed by atoms with Crippen molar-refractivity contribution in [2.75, 3.05) is 19.6 Å². The first-order chi connectivity index (χ1) is 6.70. The van der Waals surface area contributed by atoms with Crippen LogP contribution in [-0.2, 0) is 0 Å². The number of likely N-dealkylation sites (tertiary alicyclic amines) is 1. The van der Waals surface area contributed by atoms with Crippen LogP contribution in [0.2, 0.25) is 0 Å². The highest BCUT2D eigenvalue weighted by Crippen LogP contribution is 2.10. The smallest absolute Gasteiger partial charge is 0.0166 e. The molecule has 1 heteroatoms. The van der Waals surface area contributed by atoms with Crippen LogP contribution in [0.25, 0.3) is 0 Å². The first-order valence-corrected chi connectivity index (χ1v) is 5.78. The minimum atomic E-state index is 0.576. The van der Waals surface area contributed by atoms with Crippen molar-refractivity contribution in [3.63, 3.8) is 0 Å². The van der Waals surface area contributed by atoms with Crippen LogP contribution in [-0.4, -0.2) is 24.5 Å². The molecule has 0 aromatic rings. The highest BCUT2D eigenvalue weighted by molar-refractivity contribution is 5.16. The van der Waals surface area contributed by atoms with Gasteiger partial charge in [0.15, 0.2) is 0 Å². The van der Waals surface area contributed by atoms with Crippen LogP contribution in [0, 0.1) is 5.92 Å². The van der Waals surface area contributed by atoms with Crippen molar-refractivity contribution in [3.05, 3.63) is 24.3 Å². The van der Waals surface area contributed by atoms with Gasteiger partial charge in [-0.05, 0) is 31.8 Å². The Hall–Kier alpha value is -0.560. The molecule has 1 saturated heterocycles. The van der Waals surface area contributed by atoms with Crippen molar-refractivity contribution in [1.29, 1.82) is 0 Å². The summed E-state index contributed by atoms with van der Waals surface area (Å²) in [5, 5.41) is 0. The van der Waals surface area contributed by atoms with E-state index in [1.165, 1.54) is 37.9 Å². The van der Waals surface area contributed by atoms with Gasteiger partial charge in [-0.2, -0.15) is 0 Å². The molecule has 1 heterocycles. The van der Waals surface area contributed by atoms with Crippen LogP contribution in [0.1, 0.15) is 33.1 Å². The second-order valence-corrected chi connectivity index (χ2v) is 4.49. The summed E-state index contributed by atoms with van der Waals surface area (Å²) >= 11 is 0. The van der Waals surface area contributed by atoms with E-state index in [2.05, 4.69) is 37.5 Å². The fraction of sp³-hybridized carbons (Fsp3) is 0.692. The molecule has 0 saturated carbocycles. The summed E-state index contributed by atoms with van der Waals surface area (Å²) in [4.78, 5) is 2.52. The van der Waals surface area contributed by atoms with E-state index in [1.54, 1.807) is 0 Å². The summed E-state index contributed by atoms with van der Waals surface area (Å²) in [7, 11) is 0. The number of hydrogen-bond donors (Lipinski definition) is 0. The maximum Gasteiger partial charge on any atom is 0.0166 e. The van der Waals surface area contributed by atoms with E-state index in [9.17, 15) is 0 Å². The Bertz CT molecular complexity index is 197. The molecule has 80 valence electrons. The highest BCUT2D eigenvalue weighted by atomic mass is 15.1. The largest absolute Gasteiger partial charge is 0.300 e. The fourth-order valence-electron chi connectivity index (χ4n) is 1.69. The van der Waals surface area contributed by atoms with Gasteiger partial charge in [0.2, 0.25) is 0 Å².